The molecule has 1 amide bonds. The number of benzene rings is 2. The molecule has 0 spiro atoms. The van der Waals surface area contributed by atoms with Crippen molar-refractivity contribution in [1.82, 2.24) is 19.4 Å². The highest BCUT2D eigenvalue weighted by Gasteiger charge is 2.47. The number of fused-ring (bicyclic) bond motifs is 2. The molecule has 38 heavy (non-hydrogen) atoms. The number of nitrogens with zero attached hydrogens (tertiary/aromatic N) is 4. The minimum atomic E-state index is -1.30. The molecule has 5 aromatic rings. The summed E-state index contributed by atoms with van der Waals surface area (Å²) in [5.74, 6) is -3.12. The fourth-order valence-electron chi connectivity index (χ4n) is 4.86. The van der Waals surface area contributed by atoms with Gasteiger partial charge in [0, 0.05) is 18.2 Å². The second kappa shape index (κ2) is 8.56. The van der Waals surface area contributed by atoms with Gasteiger partial charge in [-0.3, -0.25) is 4.79 Å². The summed E-state index contributed by atoms with van der Waals surface area (Å²) in [6, 6.07) is 14.0. The number of halogens is 4. The largest absolute Gasteiger partial charge is 0.383 e. The SMILES string of the molecule is CC1(c2ccccc2)C(=O)Nc2nc(-c3nc(Cc4c(F)ccc(F)c4F)n4cc(Cl)ccc34)nc(N)c21. The van der Waals surface area contributed by atoms with Crippen molar-refractivity contribution in [2.24, 2.45) is 0 Å². The smallest absolute Gasteiger partial charge is 0.240 e. The van der Waals surface area contributed by atoms with Gasteiger partial charge in [-0.05, 0) is 36.8 Å². The summed E-state index contributed by atoms with van der Waals surface area (Å²) in [5.41, 5.74) is 6.68. The number of carbonyl (C=O) groups is 1. The lowest BCUT2D eigenvalue weighted by Gasteiger charge is -2.23. The summed E-state index contributed by atoms with van der Waals surface area (Å²) in [4.78, 5) is 26.7. The number of nitrogens with one attached hydrogen (secondary N) is 1. The van der Waals surface area contributed by atoms with Gasteiger partial charge in [0.25, 0.3) is 0 Å². The highest BCUT2D eigenvalue weighted by molar-refractivity contribution is 6.30. The lowest BCUT2D eigenvalue weighted by Crippen LogP contribution is -2.32. The number of pyridine rings is 1. The molecule has 1 unspecified atom stereocenters. The second-order valence-corrected chi connectivity index (χ2v) is 9.52. The number of hydrogen-bond acceptors (Lipinski definition) is 5. The number of amides is 1. The van der Waals surface area contributed by atoms with E-state index in [1.165, 1.54) is 10.6 Å². The molecule has 0 aliphatic carbocycles. The topological polar surface area (TPSA) is 98.2 Å². The van der Waals surface area contributed by atoms with E-state index in [2.05, 4.69) is 20.3 Å². The zero-order valence-electron chi connectivity index (χ0n) is 19.8. The minimum Gasteiger partial charge on any atom is -0.383 e. The number of imidazole rings is 1. The van der Waals surface area contributed by atoms with Gasteiger partial charge in [-0.25, -0.2) is 28.1 Å². The third-order valence-corrected chi connectivity index (χ3v) is 7.06. The Kier molecular flexibility index (Phi) is 5.39. The third-order valence-electron chi connectivity index (χ3n) is 6.83. The molecule has 4 heterocycles. The molecule has 3 N–H and O–H groups in total. The van der Waals surface area contributed by atoms with Crippen molar-refractivity contribution in [2.75, 3.05) is 11.1 Å². The molecule has 0 saturated heterocycles. The first-order valence-corrected chi connectivity index (χ1v) is 11.9. The Bertz CT molecular complexity index is 1770. The van der Waals surface area contributed by atoms with E-state index in [0.29, 0.717) is 16.1 Å². The van der Waals surface area contributed by atoms with Crippen LogP contribution < -0.4 is 11.1 Å². The van der Waals surface area contributed by atoms with Gasteiger partial charge in [-0.1, -0.05) is 41.9 Å². The number of nitrogen functional groups attached to an aromatic ring is 1. The maximum absolute atomic E-state index is 14.5. The van der Waals surface area contributed by atoms with Crippen molar-refractivity contribution in [3.8, 4) is 11.5 Å². The first kappa shape index (κ1) is 23.9. The highest BCUT2D eigenvalue weighted by Crippen LogP contribution is 2.45. The maximum Gasteiger partial charge on any atom is 0.240 e. The van der Waals surface area contributed by atoms with Gasteiger partial charge in [0.1, 0.15) is 34.4 Å². The number of nitrogens with two attached hydrogens (primary N) is 1. The lowest BCUT2D eigenvalue weighted by atomic mass is 9.78. The summed E-state index contributed by atoms with van der Waals surface area (Å²) in [5, 5.41) is 3.13. The Morgan fingerprint density at radius 2 is 1.74 bits per heavy atom. The Labute approximate surface area is 219 Å². The first-order chi connectivity index (χ1) is 18.2. The molecule has 7 nitrogen and oxygen atoms in total. The molecule has 6 rings (SSSR count). The first-order valence-electron chi connectivity index (χ1n) is 11.5. The predicted molar refractivity (Wildman–Crippen MR) is 136 cm³/mol. The molecular weight excluding hydrogens is 517 g/mol. The van der Waals surface area contributed by atoms with Crippen LogP contribution in [0.5, 0.6) is 0 Å². The Hall–Kier alpha value is -4.44. The van der Waals surface area contributed by atoms with Crippen LogP contribution in [-0.4, -0.2) is 25.3 Å². The van der Waals surface area contributed by atoms with Gasteiger partial charge in [0.15, 0.2) is 17.5 Å². The van der Waals surface area contributed by atoms with Crippen molar-refractivity contribution in [1.29, 1.82) is 0 Å². The van der Waals surface area contributed by atoms with Gasteiger partial charge < -0.3 is 15.5 Å². The standard InChI is InChI=1S/C27H18ClF3N6O/c1-27(13-5-3-2-4-6-13)20-23(32)34-25(35-24(20)36-26(27)38)22-18-10-7-14(28)12-37(18)19(33-22)11-15-16(29)8-9-17(30)21(15)31/h2-10,12H,11H2,1H3,(H3,32,34,35,36,38). The molecule has 0 fully saturated rings. The quantitative estimate of drug-likeness (QED) is 0.305. The predicted octanol–water partition coefficient (Wildman–Crippen LogP) is 5.29. The fraction of sp³-hybridized carbons (Fsp3) is 0.111. The fourth-order valence-corrected chi connectivity index (χ4v) is 5.02. The van der Waals surface area contributed by atoms with E-state index in [-0.39, 0.29) is 41.3 Å². The molecule has 0 radical (unpaired) electrons. The van der Waals surface area contributed by atoms with Crippen molar-refractivity contribution >= 4 is 34.7 Å². The van der Waals surface area contributed by atoms with Gasteiger partial charge >= 0.3 is 0 Å². The molecule has 2 aromatic carbocycles. The zero-order valence-corrected chi connectivity index (χ0v) is 20.5. The number of hydrogen-bond donors (Lipinski definition) is 2. The van der Waals surface area contributed by atoms with Crippen LogP contribution >= 0.6 is 11.6 Å². The van der Waals surface area contributed by atoms with Gasteiger partial charge in [0.2, 0.25) is 5.91 Å². The van der Waals surface area contributed by atoms with Crippen molar-refractivity contribution in [3.63, 3.8) is 0 Å². The Balaban J connectivity index is 1.51. The molecule has 11 heteroatoms. The van der Waals surface area contributed by atoms with E-state index >= 15 is 0 Å². The number of aromatic nitrogens is 4. The van der Waals surface area contributed by atoms with Crippen LogP contribution in [-0.2, 0) is 16.6 Å². The average Bonchev–Trinajstić information content (AvgIpc) is 3.39. The molecule has 1 aliphatic heterocycles. The van der Waals surface area contributed by atoms with Crippen molar-refractivity contribution in [3.05, 3.63) is 106 Å². The van der Waals surface area contributed by atoms with E-state index in [1.54, 1.807) is 19.1 Å². The number of rotatable bonds is 4. The van der Waals surface area contributed by atoms with Gasteiger partial charge in [-0.15, -0.1) is 0 Å². The molecule has 3 aromatic heterocycles. The van der Waals surface area contributed by atoms with E-state index < -0.39 is 28.4 Å². The van der Waals surface area contributed by atoms with E-state index in [9.17, 15) is 18.0 Å². The van der Waals surface area contributed by atoms with Gasteiger partial charge in [0.05, 0.1) is 16.1 Å². The van der Waals surface area contributed by atoms with E-state index in [1.807, 2.05) is 30.3 Å². The van der Waals surface area contributed by atoms with Crippen LogP contribution in [0.1, 0.15) is 29.4 Å². The highest BCUT2D eigenvalue weighted by atomic mass is 35.5. The van der Waals surface area contributed by atoms with Crippen LogP contribution in [0.2, 0.25) is 5.02 Å². The normalized spacial score (nSPS) is 16.6. The van der Waals surface area contributed by atoms with Crippen LogP contribution in [0, 0.1) is 17.5 Å². The molecular formula is C27H18ClF3N6O. The maximum atomic E-state index is 14.5. The summed E-state index contributed by atoms with van der Waals surface area (Å²) in [6.07, 6.45) is 1.14. The Morgan fingerprint density at radius 1 is 1.00 bits per heavy atom. The third kappa shape index (κ3) is 3.52. The summed E-state index contributed by atoms with van der Waals surface area (Å²) >= 11 is 6.19. The zero-order chi connectivity index (χ0) is 26.8. The van der Waals surface area contributed by atoms with Crippen LogP contribution in [0.3, 0.4) is 0 Å². The monoisotopic (exact) mass is 534 g/mol. The second-order valence-electron chi connectivity index (χ2n) is 9.08. The lowest BCUT2D eigenvalue weighted by molar-refractivity contribution is -0.119. The van der Waals surface area contributed by atoms with Crippen LogP contribution in [0.4, 0.5) is 24.8 Å². The molecule has 190 valence electrons. The summed E-state index contributed by atoms with van der Waals surface area (Å²) < 4.78 is 44.2. The van der Waals surface area contributed by atoms with Crippen molar-refractivity contribution in [2.45, 2.75) is 18.8 Å². The van der Waals surface area contributed by atoms with Crippen LogP contribution in [0.15, 0.2) is 60.8 Å². The molecule has 0 bridgehead atoms. The average molecular weight is 535 g/mol. The van der Waals surface area contributed by atoms with Crippen molar-refractivity contribution < 1.29 is 18.0 Å². The number of anilines is 2. The van der Waals surface area contributed by atoms with E-state index in [0.717, 1.165) is 17.7 Å². The minimum absolute atomic E-state index is 0.0774. The van der Waals surface area contributed by atoms with Crippen LogP contribution in [0.25, 0.3) is 17.0 Å². The molecule has 0 saturated carbocycles. The Morgan fingerprint density at radius 3 is 2.50 bits per heavy atom. The molecule has 1 aliphatic rings. The number of carbonyl (C=O) groups excluding carboxylic acids is 1. The molecule has 1 atom stereocenters. The summed E-state index contributed by atoms with van der Waals surface area (Å²) in [7, 11) is 0. The summed E-state index contributed by atoms with van der Waals surface area (Å²) in [6.45, 7) is 1.75. The van der Waals surface area contributed by atoms with E-state index in [4.69, 9.17) is 17.3 Å². The van der Waals surface area contributed by atoms with Gasteiger partial charge in [-0.2, -0.15) is 0 Å².